The molecule has 1 aromatic carbocycles. The maximum absolute atomic E-state index is 13.0. The highest BCUT2D eigenvalue weighted by molar-refractivity contribution is 7.89. The van der Waals surface area contributed by atoms with Crippen molar-refractivity contribution < 1.29 is 8.42 Å². The lowest BCUT2D eigenvalue weighted by Crippen LogP contribution is -2.35. The third kappa shape index (κ3) is 3.58. The average Bonchev–Trinajstić information content (AvgIpc) is 3.17. The lowest BCUT2D eigenvalue weighted by Gasteiger charge is -2.24. The fourth-order valence-electron chi connectivity index (χ4n) is 2.41. The molecule has 0 radical (unpaired) electrons. The van der Waals surface area contributed by atoms with Gasteiger partial charge in [0.2, 0.25) is 10.0 Å². The Morgan fingerprint density at radius 1 is 1.24 bits per heavy atom. The number of nitrogens with zero attached hydrogens (tertiary/aromatic N) is 1. The lowest BCUT2D eigenvalue weighted by atomic mass is 10.1. The topological polar surface area (TPSA) is 63.4 Å². The van der Waals surface area contributed by atoms with E-state index < -0.39 is 10.0 Å². The molecule has 1 fully saturated rings. The number of rotatable bonds is 6. The van der Waals surface area contributed by atoms with E-state index in [0.29, 0.717) is 18.2 Å². The summed E-state index contributed by atoms with van der Waals surface area (Å²) in [4.78, 5) is 0.265. The van der Waals surface area contributed by atoms with Gasteiger partial charge in [-0.05, 0) is 62.3 Å². The molecular weight excluding hydrogens is 284 g/mol. The van der Waals surface area contributed by atoms with Crippen LogP contribution < -0.4 is 5.73 Å². The van der Waals surface area contributed by atoms with Gasteiger partial charge >= 0.3 is 0 Å². The molecule has 0 saturated heterocycles. The Kier molecular flexibility index (Phi) is 4.63. The predicted octanol–water partition coefficient (Wildman–Crippen LogP) is 3.08. The van der Waals surface area contributed by atoms with Crippen LogP contribution in [0.15, 0.2) is 17.0 Å². The Morgan fingerprint density at radius 3 is 2.33 bits per heavy atom. The number of sulfonamides is 1. The van der Waals surface area contributed by atoms with Gasteiger partial charge in [0.25, 0.3) is 0 Å². The van der Waals surface area contributed by atoms with Gasteiger partial charge < -0.3 is 5.73 Å². The van der Waals surface area contributed by atoms with E-state index >= 15 is 0 Å². The zero-order valence-corrected chi connectivity index (χ0v) is 14.2. The molecule has 21 heavy (non-hydrogen) atoms. The van der Waals surface area contributed by atoms with E-state index in [1.165, 1.54) is 0 Å². The SMILES string of the molecule is Cc1cc(N)c(S(=O)(=O)N(CCC(C)C)C2CC2)cc1C. The summed E-state index contributed by atoms with van der Waals surface area (Å²) in [7, 11) is -3.50. The molecule has 118 valence electrons. The molecule has 5 heteroatoms. The van der Waals surface area contributed by atoms with Crippen molar-refractivity contribution in [2.45, 2.75) is 57.9 Å². The number of nitrogen functional groups attached to an aromatic ring is 1. The minimum Gasteiger partial charge on any atom is -0.398 e. The molecule has 0 aliphatic heterocycles. The number of anilines is 1. The van der Waals surface area contributed by atoms with Crippen molar-refractivity contribution >= 4 is 15.7 Å². The van der Waals surface area contributed by atoms with E-state index in [4.69, 9.17) is 5.73 Å². The minimum absolute atomic E-state index is 0.162. The lowest BCUT2D eigenvalue weighted by molar-refractivity contribution is 0.373. The maximum Gasteiger partial charge on any atom is 0.245 e. The average molecular weight is 310 g/mol. The van der Waals surface area contributed by atoms with Crippen LogP contribution in [-0.4, -0.2) is 25.3 Å². The summed E-state index contributed by atoms with van der Waals surface area (Å²) in [5.74, 6) is 0.485. The van der Waals surface area contributed by atoms with Gasteiger partial charge in [0.15, 0.2) is 0 Å². The number of nitrogens with two attached hydrogens (primary N) is 1. The van der Waals surface area contributed by atoms with E-state index in [9.17, 15) is 8.42 Å². The van der Waals surface area contributed by atoms with E-state index in [1.54, 1.807) is 16.4 Å². The molecule has 0 aromatic heterocycles. The van der Waals surface area contributed by atoms with Crippen LogP contribution in [0.25, 0.3) is 0 Å². The molecule has 4 nitrogen and oxygen atoms in total. The molecule has 0 amide bonds. The van der Waals surface area contributed by atoms with Crippen LogP contribution in [0.1, 0.15) is 44.2 Å². The second kappa shape index (κ2) is 5.97. The quantitative estimate of drug-likeness (QED) is 0.821. The zero-order valence-electron chi connectivity index (χ0n) is 13.4. The van der Waals surface area contributed by atoms with Gasteiger partial charge in [-0.2, -0.15) is 4.31 Å². The molecule has 0 heterocycles. The second-order valence-electron chi connectivity index (χ2n) is 6.50. The van der Waals surface area contributed by atoms with Gasteiger partial charge in [-0.1, -0.05) is 13.8 Å². The van der Waals surface area contributed by atoms with Gasteiger partial charge in [0, 0.05) is 12.6 Å². The fourth-order valence-corrected chi connectivity index (χ4v) is 4.29. The predicted molar refractivity (Wildman–Crippen MR) is 86.7 cm³/mol. The molecule has 0 atom stereocenters. The molecule has 1 aliphatic carbocycles. The molecule has 1 saturated carbocycles. The fraction of sp³-hybridized carbons (Fsp3) is 0.625. The number of hydrogen-bond acceptors (Lipinski definition) is 3. The zero-order chi connectivity index (χ0) is 15.8. The summed E-state index contributed by atoms with van der Waals surface area (Å²) in [5.41, 5.74) is 8.32. The summed E-state index contributed by atoms with van der Waals surface area (Å²) in [6.07, 6.45) is 2.80. The Hall–Kier alpha value is -1.07. The highest BCUT2D eigenvalue weighted by Gasteiger charge is 2.38. The van der Waals surface area contributed by atoms with Crippen LogP contribution in [0.3, 0.4) is 0 Å². The molecule has 2 N–H and O–H groups in total. The minimum atomic E-state index is -3.50. The normalized spacial score (nSPS) is 15.9. The standard InChI is InChI=1S/C16H26N2O2S/c1-11(2)7-8-18(14-5-6-14)21(19,20)16-10-13(4)12(3)9-15(16)17/h9-11,14H,5-8,17H2,1-4H3. The first-order valence-electron chi connectivity index (χ1n) is 7.62. The summed E-state index contributed by atoms with van der Waals surface area (Å²) < 4.78 is 27.6. The molecule has 0 spiro atoms. The van der Waals surface area contributed by atoms with Crippen LogP contribution in [0.2, 0.25) is 0 Å². The van der Waals surface area contributed by atoms with Crippen LogP contribution in [0.4, 0.5) is 5.69 Å². The third-order valence-electron chi connectivity index (χ3n) is 4.09. The van der Waals surface area contributed by atoms with E-state index in [0.717, 1.165) is 30.4 Å². The molecule has 0 unspecified atom stereocenters. The monoisotopic (exact) mass is 310 g/mol. The first-order valence-corrected chi connectivity index (χ1v) is 9.06. The Balaban J connectivity index is 2.36. The first-order chi connectivity index (χ1) is 9.73. The molecule has 0 bridgehead atoms. The first kappa shape index (κ1) is 16.3. The molecule has 2 rings (SSSR count). The van der Waals surface area contributed by atoms with Crippen molar-refractivity contribution in [2.24, 2.45) is 5.92 Å². The van der Waals surface area contributed by atoms with Gasteiger partial charge in [-0.25, -0.2) is 8.42 Å². The summed E-state index contributed by atoms with van der Waals surface area (Å²) in [6, 6.07) is 3.63. The number of benzene rings is 1. The largest absolute Gasteiger partial charge is 0.398 e. The van der Waals surface area contributed by atoms with Crippen LogP contribution in [-0.2, 0) is 10.0 Å². The molecule has 1 aliphatic rings. The van der Waals surface area contributed by atoms with Crippen molar-refractivity contribution in [1.29, 1.82) is 0 Å². The highest BCUT2D eigenvalue weighted by Crippen LogP contribution is 2.35. The van der Waals surface area contributed by atoms with Crippen molar-refractivity contribution in [3.63, 3.8) is 0 Å². The summed E-state index contributed by atoms with van der Waals surface area (Å²) in [5, 5.41) is 0. The van der Waals surface area contributed by atoms with Crippen LogP contribution >= 0.6 is 0 Å². The second-order valence-corrected chi connectivity index (χ2v) is 8.36. The van der Waals surface area contributed by atoms with E-state index in [-0.39, 0.29) is 10.9 Å². The van der Waals surface area contributed by atoms with Crippen molar-refractivity contribution in [2.75, 3.05) is 12.3 Å². The smallest absolute Gasteiger partial charge is 0.245 e. The highest BCUT2D eigenvalue weighted by atomic mass is 32.2. The number of aryl methyl sites for hydroxylation is 2. The van der Waals surface area contributed by atoms with Crippen LogP contribution in [0.5, 0.6) is 0 Å². The maximum atomic E-state index is 13.0. The molecular formula is C16H26N2O2S. The number of hydrogen-bond donors (Lipinski definition) is 1. The summed E-state index contributed by atoms with van der Waals surface area (Å²) in [6.45, 7) is 8.67. The third-order valence-corrected chi connectivity index (χ3v) is 6.10. The Bertz CT molecular complexity index is 619. The van der Waals surface area contributed by atoms with Crippen molar-refractivity contribution in [3.8, 4) is 0 Å². The van der Waals surface area contributed by atoms with Crippen molar-refractivity contribution in [3.05, 3.63) is 23.3 Å². The van der Waals surface area contributed by atoms with Crippen molar-refractivity contribution in [1.82, 2.24) is 4.31 Å². The van der Waals surface area contributed by atoms with E-state index in [1.807, 2.05) is 13.8 Å². The van der Waals surface area contributed by atoms with Gasteiger partial charge in [-0.15, -0.1) is 0 Å². The Morgan fingerprint density at radius 2 is 1.81 bits per heavy atom. The van der Waals surface area contributed by atoms with Gasteiger partial charge in [0.1, 0.15) is 4.90 Å². The van der Waals surface area contributed by atoms with E-state index in [2.05, 4.69) is 13.8 Å². The van der Waals surface area contributed by atoms with Crippen LogP contribution in [0, 0.1) is 19.8 Å². The Labute approximate surface area is 128 Å². The van der Waals surface area contributed by atoms with Gasteiger partial charge in [0.05, 0.1) is 5.69 Å². The molecule has 1 aromatic rings. The summed E-state index contributed by atoms with van der Waals surface area (Å²) >= 11 is 0. The van der Waals surface area contributed by atoms with Gasteiger partial charge in [-0.3, -0.25) is 0 Å².